The van der Waals surface area contributed by atoms with Gasteiger partial charge in [0, 0.05) is 11.6 Å². The third-order valence-corrected chi connectivity index (χ3v) is 2.86. The molecule has 96 valence electrons. The first-order chi connectivity index (χ1) is 8.26. The summed E-state index contributed by atoms with van der Waals surface area (Å²) in [7, 11) is 0. The zero-order valence-corrected chi connectivity index (χ0v) is 11.5. The number of rotatable bonds is 8. The SMILES string of the molecule is CCCNCC(CC)OCc1cccc(Cl)c1. The van der Waals surface area contributed by atoms with Crippen molar-refractivity contribution in [1.82, 2.24) is 5.32 Å². The van der Waals surface area contributed by atoms with Crippen molar-refractivity contribution in [2.24, 2.45) is 0 Å². The molecule has 1 unspecified atom stereocenters. The van der Waals surface area contributed by atoms with Crippen molar-refractivity contribution < 1.29 is 4.74 Å². The van der Waals surface area contributed by atoms with E-state index >= 15 is 0 Å². The summed E-state index contributed by atoms with van der Waals surface area (Å²) < 4.78 is 5.86. The van der Waals surface area contributed by atoms with Gasteiger partial charge in [-0.3, -0.25) is 0 Å². The fourth-order valence-electron chi connectivity index (χ4n) is 1.60. The lowest BCUT2D eigenvalue weighted by atomic mass is 10.2. The Kier molecular flexibility index (Phi) is 7.25. The van der Waals surface area contributed by atoms with Crippen LogP contribution in [-0.4, -0.2) is 19.2 Å². The maximum Gasteiger partial charge on any atom is 0.0721 e. The summed E-state index contributed by atoms with van der Waals surface area (Å²) >= 11 is 5.93. The highest BCUT2D eigenvalue weighted by atomic mass is 35.5. The minimum atomic E-state index is 0.278. The number of hydrogen-bond acceptors (Lipinski definition) is 2. The molecule has 0 fully saturated rings. The Morgan fingerprint density at radius 1 is 1.35 bits per heavy atom. The molecule has 2 nitrogen and oxygen atoms in total. The normalized spacial score (nSPS) is 12.6. The third kappa shape index (κ3) is 6.06. The molecule has 0 amide bonds. The van der Waals surface area contributed by atoms with E-state index < -0.39 is 0 Å². The number of ether oxygens (including phenoxy) is 1. The molecule has 1 N–H and O–H groups in total. The molecule has 0 saturated heterocycles. The molecule has 1 aromatic carbocycles. The molecule has 0 aliphatic heterocycles. The van der Waals surface area contributed by atoms with Gasteiger partial charge < -0.3 is 10.1 Å². The molecule has 1 rings (SSSR count). The van der Waals surface area contributed by atoms with Crippen LogP contribution in [0, 0.1) is 0 Å². The maximum atomic E-state index is 5.93. The Morgan fingerprint density at radius 3 is 2.82 bits per heavy atom. The van der Waals surface area contributed by atoms with Gasteiger partial charge in [0.25, 0.3) is 0 Å². The van der Waals surface area contributed by atoms with Gasteiger partial charge >= 0.3 is 0 Å². The molecule has 0 heterocycles. The van der Waals surface area contributed by atoms with E-state index in [-0.39, 0.29) is 6.10 Å². The summed E-state index contributed by atoms with van der Waals surface area (Å²) in [6.07, 6.45) is 2.46. The Morgan fingerprint density at radius 2 is 2.18 bits per heavy atom. The fourth-order valence-corrected chi connectivity index (χ4v) is 1.81. The second kappa shape index (κ2) is 8.51. The largest absolute Gasteiger partial charge is 0.372 e. The summed E-state index contributed by atoms with van der Waals surface area (Å²) in [5, 5.41) is 4.15. The van der Waals surface area contributed by atoms with Crippen LogP contribution in [0.3, 0.4) is 0 Å². The van der Waals surface area contributed by atoms with E-state index in [0.29, 0.717) is 6.61 Å². The van der Waals surface area contributed by atoms with Gasteiger partial charge in [-0.2, -0.15) is 0 Å². The van der Waals surface area contributed by atoms with Crippen LogP contribution in [0.15, 0.2) is 24.3 Å². The molecule has 0 aromatic heterocycles. The highest BCUT2D eigenvalue weighted by molar-refractivity contribution is 6.30. The van der Waals surface area contributed by atoms with Crippen molar-refractivity contribution in [3.8, 4) is 0 Å². The zero-order valence-electron chi connectivity index (χ0n) is 10.7. The van der Waals surface area contributed by atoms with Crippen LogP contribution in [0.5, 0.6) is 0 Å². The zero-order chi connectivity index (χ0) is 12.5. The summed E-state index contributed by atoms with van der Waals surface area (Å²) in [6.45, 7) is 6.92. The highest BCUT2D eigenvalue weighted by Crippen LogP contribution is 2.12. The van der Waals surface area contributed by atoms with E-state index in [1.54, 1.807) is 0 Å². The van der Waals surface area contributed by atoms with Gasteiger partial charge in [0.2, 0.25) is 0 Å². The molecule has 1 atom stereocenters. The van der Waals surface area contributed by atoms with E-state index in [2.05, 4.69) is 19.2 Å². The highest BCUT2D eigenvalue weighted by Gasteiger charge is 2.06. The first-order valence-electron chi connectivity index (χ1n) is 6.33. The van der Waals surface area contributed by atoms with Gasteiger partial charge in [-0.05, 0) is 37.1 Å². The second-order valence-electron chi connectivity index (χ2n) is 4.18. The third-order valence-electron chi connectivity index (χ3n) is 2.63. The average molecular weight is 256 g/mol. The van der Waals surface area contributed by atoms with Crippen molar-refractivity contribution in [1.29, 1.82) is 0 Å². The number of halogens is 1. The molecule has 1 aromatic rings. The molecule has 0 saturated carbocycles. The fraction of sp³-hybridized carbons (Fsp3) is 0.571. The van der Waals surface area contributed by atoms with Crippen LogP contribution < -0.4 is 5.32 Å². The van der Waals surface area contributed by atoms with Crippen molar-refractivity contribution in [3.05, 3.63) is 34.9 Å². The summed E-state index contributed by atoms with van der Waals surface area (Å²) in [4.78, 5) is 0. The predicted octanol–water partition coefficient (Wildman–Crippen LogP) is 3.63. The maximum absolute atomic E-state index is 5.93. The van der Waals surface area contributed by atoms with Crippen LogP contribution in [0.25, 0.3) is 0 Å². The van der Waals surface area contributed by atoms with Gasteiger partial charge in [0.15, 0.2) is 0 Å². The second-order valence-corrected chi connectivity index (χ2v) is 4.61. The topological polar surface area (TPSA) is 21.3 Å². The Bertz CT molecular complexity index is 317. The van der Waals surface area contributed by atoms with E-state index in [1.807, 2.05) is 24.3 Å². The Labute approximate surface area is 109 Å². The van der Waals surface area contributed by atoms with Crippen LogP contribution in [0.1, 0.15) is 32.3 Å². The van der Waals surface area contributed by atoms with E-state index in [1.165, 1.54) is 0 Å². The molecule has 0 aliphatic carbocycles. The summed E-state index contributed by atoms with van der Waals surface area (Å²) in [5.41, 5.74) is 1.13. The van der Waals surface area contributed by atoms with Crippen LogP contribution in [0.4, 0.5) is 0 Å². The molecule has 0 spiro atoms. The molecule has 17 heavy (non-hydrogen) atoms. The van der Waals surface area contributed by atoms with Crippen molar-refractivity contribution in [2.45, 2.75) is 39.4 Å². The van der Waals surface area contributed by atoms with Crippen LogP contribution >= 0.6 is 11.6 Å². The van der Waals surface area contributed by atoms with Gasteiger partial charge in [-0.25, -0.2) is 0 Å². The standard InChI is InChI=1S/C14H22ClNO/c1-3-8-16-10-14(4-2)17-11-12-6-5-7-13(15)9-12/h5-7,9,14,16H,3-4,8,10-11H2,1-2H3. The van der Waals surface area contributed by atoms with Crippen molar-refractivity contribution in [3.63, 3.8) is 0 Å². The van der Waals surface area contributed by atoms with Gasteiger partial charge in [-0.15, -0.1) is 0 Å². The Balaban J connectivity index is 2.31. The number of hydrogen-bond donors (Lipinski definition) is 1. The molecule has 0 bridgehead atoms. The van der Waals surface area contributed by atoms with E-state index in [0.717, 1.165) is 36.5 Å². The number of nitrogens with one attached hydrogen (secondary N) is 1. The first kappa shape index (κ1) is 14.5. The van der Waals surface area contributed by atoms with Crippen LogP contribution in [-0.2, 0) is 11.3 Å². The first-order valence-corrected chi connectivity index (χ1v) is 6.70. The lowest BCUT2D eigenvalue weighted by molar-refractivity contribution is 0.0385. The molecular weight excluding hydrogens is 234 g/mol. The number of benzene rings is 1. The predicted molar refractivity (Wildman–Crippen MR) is 73.5 cm³/mol. The summed E-state index contributed by atoms with van der Waals surface area (Å²) in [6, 6.07) is 7.83. The van der Waals surface area contributed by atoms with Gasteiger partial charge in [-0.1, -0.05) is 37.6 Å². The monoisotopic (exact) mass is 255 g/mol. The molecular formula is C14H22ClNO. The average Bonchev–Trinajstić information content (AvgIpc) is 2.34. The van der Waals surface area contributed by atoms with Gasteiger partial charge in [0.05, 0.1) is 12.7 Å². The van der Waals surface area contributed by atoms with Gasteiger partial charge in [0.1, 0.15) is 0 Å². The van der Waals surface area contributed by atoms with Crippen molar-refractivity contribution >= 4 is 11.6 Å². The van der Waals surface area contributed by atoms with E-state index in [4.69, 9.17) is 16.3 Å². The minimum Gasteiger partial charge on any atom is -0.372 e. The molecule has 3 heteroatoms. The van der Waals surface area contributed by atoms with Crippen molar-refractivity contribution in [2.75, 3.05) is 13.1 Å². The summed E-state index contributed by atoms with van der Waals surface area (Å²) in [5.74, 6) is 0. The minimum absolute atomic E-state index is 0.278. The molecule has 0 radical (unpaired) electrons. The lowest BCUT2D eigenvalue weighted by Gasteiger charge is -2.16. The molecule has 0 aliphatic rings. The smallest absolute Gasteiger partial charge is 0.0721 e. The van der Waals surface area contributed by atoms with Crippen LogP contribution in [0.2, 0.25) is 5.02 Å². The quantitative estimate of drug-likeness (QED) is 0.717. The Hall–Kier alpha value is -0.570. The lowest BCUT2D eigenvalue weighted by Crippen LogP contribution is -2.29. The van der Waals surface area contributed by atoms with E-state index in [9.17, 15) is 0 Å².